The van der Waals surface area contributed by atoms with Crippen molar-refractivity contribution in [2.75, 3.05) is 26.3 Å². The second kappa shape index (κ2) is 6.21. The maximum atomic E-state index is 5.89. The van der Waals surface area contributed by atoms with E-state index < -0.39 is 0 Å². The highest BCUT2D eigenvalue weighted by Crippen LogP contribution is 2.33. The van der Waals surface area contributed by atoms with E-state index in [9.17, 15) is 0 Å². The van der Waals surface area contributed by atoms with Gasteiger partial charge in [-0.2, -0.15) is 0 Å². The first-order chi connectivity index (χ1) is 10.9. The van der Waals surface area contributed by atoms with Gasteiger partial charge in [0.1, 0.15) is 6.10 Å². The lowest BCUT2D eigenvalue weighted by molar-refractivity contribution is -0.0699. The van der Waals surface area contributed by atoms with Crippen molar-refractivity contribution in [3.05, 3.63) is 71.8 Å². The number of hydrogen-bond acceptors (Lipinski definition) is 3. The average Bonchev–Trinajstić information content (AvgIpc) is 3.35. The molecule has 114 valence electrons. The van der Waals surface area contributed by atoms with Crippen LogP contribution in [0.4, 0.5) is 0 Å². The van der Waals surface area contributed by atoms with Crippen LogP contribution in [0, 0.1) is 0 Å². The highest BCUT2D eigenvalue weighted by Gasteiger charge is 2.35. The molecule has 3 nitrogen and oxygen atoms in total. The van der Waals surface area contributed by atoms with Crippen molar-refractivity contribution >= 4 is 0 Å². The Hall–Kier alpha value is -1.68. The summed E-state index contributed by atoms with van der Waals surface area (Å²) < 4.78 is 11.1. The molecule has 1 unspecified atom stereocenters. The van der Waals surface area contributed by atoms with E-state index >= 15 is 0 Å². The number of hydrogen-bond donors (Lipinski definition) is 0. The van der Waals surface area contributed by atoms with Crippen molar-refractivity contribution in [1.29, 1.82) is 0 Å². The summed E-state index contributed by atoms with van der Waals surface area (Å²) in [5, 5.41) is 0. The van der Waals surface area contributed by atoms with Crippen molar-refractivity contribution in [3.8, 4) is 0 Å². The van der Waals surface area contributed by atoms with Crippen molar-refractivity contribution in [2.24, 2.45) is 0 Å². The van der Waals surface area contributed by atoms with Gasteiger partial charge in [0, 0.05) is 13.1 Å². The van der Waals surface area contributed by atoms with Crippen molar-refractivity contribution < 1.29 is 9.47 Å². The number of benzene rings is 2. The van der Waals surface area contributed by atoms with Crippen LogP contribution in [0.2, 0.25) is 0 Å². The van der Waals surface area contributed by atoms with E-state index in [0.29, 0.717) is 18.2 Å². The Morgan fingerprint density at radius 3 is 2.00 bits per heavy atom. The lowest BCUT2D eigenvalue weighted by atomic mass is 9.94. The molecule has 0 bridgehead atoms. The van der Waals surface area contributed by atoms with Gasteiger partial charge in [-0.3, -0.25) is 4.90 Å². The maximum Gasteiger partial charge on any atom is 0.104 e. The van der Waals surface area contributed by atoms with E-state index in [1.54, 1.807) is 0 Å². The van der Waals surface area contributed by atoms with E-state index in [-0.39, 0.29) is 0 Å². The van der Waals surface area contributed by atoms with E-state index in [0.717, 1.165) is 26.3 Å². The van der Waals surface area contributed by atoms with E-state index in [2.05, 4.69) is 65.6 Å². The Morgan fingerprint density at radius 1 is 0.955 bits per heavy atom. The van der Waals surface area contributed by atoms with Gasteiger partial charge in [0.15, 0.2) is 0 Å². The van der Waals surface area contributed by atoms with Crippen LogP contribution >= 0.6 is 0 Å². The van der Waals surface area contributed by atoms with E-state index in [1.807, 2.05) is 0 Å². The normalized spacial score (nSPS) is 21.8. The molecule has 0 N–H and O–H groups in total. The fourth-order valence-corrected chi connectivity index (χ4v) is 3.08. The molecular formula is C19H21NO2. The van der Waals surface area contributed by atoms with Crippen LogP contribution in [0.25, 0.3) is 0 Å². The highest BCUT2D eigenvalue weighted by molar-refractivity contribution is 5.32. The van der Waals surface area contributed by atoms with Crippen LogP contribution in [-0.4, -0.2) is 43.4 Å². The Balaban J connectivity index is 1.47. The van der Waals surface area contributed by atoms with E-state index in [1.165, 1.54) is 11.1 Å². The van der Waals surface area contributed by atoms with Crippen LogP contribution in [0.1, 0.15) is 17.2 Å². The molecule has 2 heterocycles. The smallest absolute Gasteiger partial charge is 0.104 e. The third-order valence-electron chi connectivity index (χ3n) is 4.39. The zero-order chi connectivity index (χ0) is 14.8. The summed E-state index contributed by atoms with van der Waals surface area (Å²) >= 11 is 0. The summed E-state index contributed by atoms with van der Waals surface area (Å²) in [6.07, 6.45) is 0.701. The van der Waals surface area contributed by atoms with Crippen molar-refractivity contribution in [1.82, 2.24) is 4.90 Å². The van der Waals surface area contributed by atoms with Gasteiger partial charge in [-0.25, -0.2) is 0 Å². The number of rotatable bonds is 6. The van der Waals surface area contributed by atoms with Crippen LogP contribution in [0.3, 0.4) is 0 Å². The molecule has 0 aliphatic carbocycles. The van der Waals surface area contributed by atoms with Gasteiger partial charge in [-0.15, -0.1) is 0 Å². The molecule has 2 aliphatic rings. The number of ether oxygens (including phenoxy) is 2. The molecule has 2 saturated heterocycles. The summed E-state index contributed by atoms with van der Waals surface area (Å²) in [7, 11) is 0. The first-order valence-electron chi connectivity index (χ1n) is 7.97. The fourth-order valence-electron chi connectivity index (χ4n) is 3.08. The van der Waals surface area contributed by atoms with Crippen LogP contribution < -0.4 is 0 Å². The van der Waals surface area contributed by atoms with Crippen molar-refractivity contribution in [3.63, 3.8) is 0 Å². The standard InChI is InChI=1S/C19H21NO2/c1-3-7-15(8-4-1)19(16-9-5-2-6-10-16)20-11-17(12-20)21-13-18-14-22-18/h1-10,17-19H,11-14H2. The molecule has 4 rings (SSSR count). The second-order valence-corrected chi connectivity index (χ2v) is 6.09. The first kappa shape index (κ1) is 13.9. The Labute approximate surface area is 131 Å². The summed E-state index contributed by atoms with van der Waals surface area (Å²) in [5.41, 5.74) is 2.69. The molecule has 0 aromatic heterocycles. The predicted molar refractivity (Wildman–Crippen MR) is 85.8 cm³/mol. The minimum absolute atomic E-state index is 0.319. The second-order valence-electron chi connectivity index (χ2n) is 6.09. The topological polar surface area (TPSA) is 25.0 Å². The van der Waals surface area contributed by atoms with Gasteiger partial charge in [0.2, 0.25) is 0 Å². The summed E-state index contributed by atoms with van der Waals surface area (Å²) in [6.45, 7) is 3.59. The van der Waals surface area contributed by atoms with Gasteiger partial charge >= 0.3 is 0 Å². The molecule has 0 radical (unpaired) electrons. The Morgan fingerprint density at radius 2 is 1.50 bits per heavy atom. The third-order valence-corrected chi connectivity index (χ3v) is 4.39. The lowest BCUT2D eigenvalue weighted by Gasteiger charge is -2.44. The molecular weight excluding hydrogens is 274 g/mol. The number of epoxide rings is 1. The maximum absolute atomic E-state index is 5.89. The Bertz CT molecular complexity index is 552. The molecule has 2 aliphatic heterocycles. The highest BCUT2D eigenvalue weighted by atomic mass is 16.6. The molecule has 2 aromatic carbocycles. The number of nitrogens with zero attached hydrogens (tertiary/aromatic N) is 1. The SMILES string of the molecule is c1ccc(C(c2ccccc2)N2CC(OCC3CO3)C2)cc1. The first-order valence-corrected chi connectivity index (χ1v) is 7.97. The monoisotopic (exact) mass is 295 g/mol. The quantitative estimate of drug-likeness (QED) is 0.766. The molecule has 2 aromatic rings. The zero-order valence-corrected chi connectivity index (χ0v) is 12.6. The van der Waals surface area contributed by atoms with Gasteiger partial charge < -0.3 is 9.47 Å². The van der Waals surface area contributed by atoms with Gasteiger partial charge in [-0.05, 0) is 11.1 Å². The summed E-state index contributed by atoms with van der Waals surface area (Å²) in [4.78, 5) is 2.49. The largest absolute Gasteiger partial charge is 0.373 e. The third kappa shape index (κ3) is 3.07. The predicted octanol–water partition coefficient (Wildman–Crippen LogP) is 2.88. The minimum Gasteiger partial charge on any atom is -0.373 e. The molecule has 0 saturated carbocycles. The van der Waals surface area contributed by atoms with Crippen LogP contribution in [0.15, 0.2) is 60.7 Å². The number of likely N-dealkylation sites (tertiary alicyclic amines) is 1. The molecule has 1 atom stereocenters. The molecule has 22 heavy (non-hydrogen) atoms. The summed E-state index contributed by atoms with van der Waals surface area (Å²) in [6, 6.07) is 21.8. The zero-order valence-electron chi connectivity index (χ0n) is 12.6. The van der Waals surface area contributed by atoms with Crippen LogP contribution in [0.5, 0.6) is 0 Å². The lowest BCUT2D eigenvalue weighted by Crippen LogP contribution is -2.54. The fraction of sp³-hybridized carbons (Fsp3) is 0.368. The molecule has 3 heteroatoms. The average molecular weight is 295 g/mol. The minimum atomic E-state index is 0.319. The van der Waals surface area contributed by atoms with E-state index in [4.69, 9.17) is 9.47 Å². The summed E-state index contributed by atoms with van der Waals surface area (Å²) in [5.74, 6) is 0. The van der Waals surface area contributed by atoms with Gasteiger partial charge in [0.25, 0.3) is 0 Å². The molecule has 2 fully saturated rings. The molecule has 0 spiro atoms. The van der Waals surface area contributed by atoms with Gasteiger partial charge in [-0.1, -0.05) is 60.7 Å². The Kier molecular flexibility index (Phi) is 3.94. The van der Waals surface area contributed by atoms with Crippen LogP contribution in [-0.2, 0) is 9.47 Å². The van der Waals surface area contributed by atoms with Gasteiger partial charge in [0.05, 0.1) is 25.4 Å². The molecule has 0 amide bonds. The van der Waals surface area contributed by atoms with Crippen molar-refractivity contribution in [2.45, 2.75) is 18.2 Å².